The van der Waals surface area contributed by atoms with Crippen molar-refractivity contribution in [3.05, 3.63) is 0 Å². The van der Waals surface area contributed by atoms with Crippen LogP contribution in [-0.4, -0.2) is 22.5 Å². The van der Waals surface area contributed by atoms with Crippen LogP contribution >= 0.6 is 0 Å². The Balaban J connectivity index is 4.56. The molecule has 0 aromatic carbocycles. The second-order valence-corrected chi connectivity index (χ2v) is 13.3. The third kappa shape index (κ3) is 20.0. The summed E-state index contributed by atoms with van der Waals surface area (Å²) in [7, 11) is 0. The summed E-state index contributed by atoms with van der Waals surface area (Å²) in [6, 6.07) is 0. The minimum absolute atomic E-state index is 0.314. The molecule has 0 aliphatic rings. The van der Waals surface area contributed by atoms with E-state index in [1.54, 1.807) is 0 Å². The van der Waals surface area contributed by atoms with Gasteiger partial charge in [-0.2, -0.15) is 0 Å². The summed E-state index contributed by atoms with van der Waals surface area (Å²) in [6.07, 6.45) is 35.4. The molecule has 0 fully saturated rings. The molecule has 0 N–H and O–H groups in total. The SMILES string of the molecule is CCCCCCCCCCCCCN(C(C)(C)CCCCCCCC)C(C)(C)CCCCCCCC. The lowest BCUT2D eigenvalue weighted by Gasteiger charge is -2.49. The molecule has 0 aliphatic carbocycles. The zero-order valence-electron chi connectivity index (χ0n) is 26.8. The maximum atomic E-state index is 2.95. The molecule has 1 heteroatoms. The fourth-order valence-electron chi connectivity index (χ4n) is 6.30. The highest BCUT2D eigenvalue weighted by Gasteiger charge is 2.36. The highest BCUT2D eigenvalue weighted by atomic mass is 15.2. The number of nitrogens with zero attached hydrogens (tertiary/aromatic N) is 1. The smallest absolute Gasteiger partial charge is 0.0158 e. The fraction of sp³-hybridized carbons (Fsp3) is 1.00. The van der Waals surface area contributed by atoms with Crippen LogP contribution in [-0.2, 0) is 0 Å². The predicted molar refractivity (Wildman–Crippen MR) is 167 cm³/mol. The van der Waals surface area contributed by atoms with Gasteiger partial charge in [-0.15, -0.1) is 0 Å². The molecule has 0 saturated carbocycles. The van der Waals surface area contributed by atoms with Gasteiger partial charge in [0.15, 0.2) is 0 Å². The molecule has 36 heavy (non-hydrogen) atoms. The highest BCUT2D eigenvalue weighted by Crippen LogP contribution is 2.34. The van der Waals surface area contributed by atoms with Crippen LogP contribution in [0.25, 0.3) is 0 Å². The summed E-state index contributed by atoms with van der Waals surface area (Å²) in [5, 5.41) is 0. The van der Waals surface area contributed by atoms with Gasteiger partial charge in [0.2, 0.25) is 0 Å². The van der Waals surface area contributed by atoms with Crippen LogP contribution < -0.4 is 0 Å². The molecule has 218 valence electrons. The maximum absolute atomic E-state index is 2.95. The van der Waals surface area contributed by atoms with E-state index in [-0.39, 0.29) is 0 Å². The Morgan fingerprint density at radius 1 is 0.333 bits per heavy atom. The summed E-state index contributed by atoms with van der Waals surface area (Å²) < 4.78 is 0. The van der Waals surface area contributed by atoms with Gasteiger partial charge in [0, 0.05) is 11.1 Å². The monoisotopic (exact) mass is 508 g/mol. The van der Waals surface area contributed by atoms with E-state index in [4.69, 9.17) is 0 Å². The van der Waals surface area contributed by atoms with E-state index in [0.29, 0.717) is 11.1 Å². The first-order valence-electron chi connectivity index (χ1n) is 17.1. The first-order chi connectivity index (χ1) is 17.3. The van der Waals surface area contributed by atoms with E-state index < -0.39 is 0 Å². The Hall–Kier alpha value is -0.0400. The van der Waals surface area contributed by atoms with Crippen molar-refractivity contribution < 1.29 is 0 Å². The second kappa shape index (κ2) is 24.0. The lowest BCUT2D eigenvalue weighted by Crippen LogP contribution is -2.55. The van der Waals surface area contributed by atoms with Crippen LogP contribution in [0.4, 0.5) is 0 Å². The van der Waals surface area contributed by atoms with Crippen molar-refractivity contribution in [1.29, 1.82) is 0 Å². The number of rotatable bonds is 28. The first-order valence-corrected chi connectivity index (χ1v) is 17.1. The normalized spacial score (nSPS) is 12.7. The molecule has 0 atom stereocenters. The lowest BCUT2D eigenvalue weighted by atomic mass is 9.85. The Morgan fingerprint density at radius 2 is 0.583 bits per heavy atom. The lowest BCUT2D eigenvalue weighted by molar-refractivity contribution is 0.00151. The molecule has 0 heterocycles. The first kappa shape index (κ1) is 36.0. The van der Waals surface area contributed by atoms with E-state index in [9.17, 15) is 0 Å². The van der Waals surface area contributed by atoms with Gasteiger partial charge in [0.25, 0.3) is 0 Å². The van der Waals surface area contributed by atoms with Gasteiger partial charge in [-0.05, 0) is 53.5 Å². The molecule has 0 aromatic heterocycles. The Labute approximate surface area is 231 Å². The van der Waals surface area contributed by atoms with Gasteiger partial charge >= 0.3 is 0 Å². The average molecular weight is 508 g/mol. The summed E-state index contributed by atoms with van der Waals surface area (Å²) >= 11 is 0. The van der Waals surface area contributed by atoms with Gasteiger partial charge in [0.05, 0.1) is 0 Å². The van der Waals surface area contributed by atoms with Gasteiger partial charge < -0.3 is 0 Å². The largest absolute Gasteiger partial charge is 0.293 e. The van der Waals surface area contributed by atoms with E-state index in [1.165, 1.54) is 167 Å². The summed E-state index contributed by atoms with van der Waals surface area (Å²) in [5.74, 6) is 0. The number of hydrogen-bond donors (Lipinski definition) is 0. The third-order valence-electron chi connectivity index (χ3n) is 8.73. The molecule has 0 aliphatic heterocycles. The second-order valence-electron chi connectivity index (χ2n) is 13.3. The molecule has 1 nitrogen and oxygen atoms in total. The minimum Gasteiger partial charge on any atom is -0.293 e. The summed E-state index contributed by atoms with van der Waals surface area (Å²) in [4.78, 5) is 2.95. The van der Waals surface area contributed by atoms with Gasteiger partial charge in [0.1, 0.15) is 0 Å². The molecule has 0 spiro atoms. The number of hydrogen-bond acceptors (Lipinski definition) is 1. The predicted octanol–water partition coefficient (Wildman–Crippen LogP) is 12.7. The zero-order chi connectivity index (χ0) is 27.0. The zero-order valence-corrected chi connectivity index (χ0v) is 26.8. The molecule has 0 saturated heterocycles. The van der Waals surface area contributed by atoms with Crippen LogP contribution in [0.1, 0.15) is 209 Å². The maximum Gasteiger partial charge on any atom is 0.0158 e. The summed E-state index contributed by atoms with van der Waals surface area (Å²) in [6.45, 7) is 18.5. The van der Waals surface area contributed by atoms with Crippen molar-refractivity contribution in [2.24, 2.45) is 0 Å². The van der Waals surface area contributed by atoms with E-state index in [0.717, 1.165) is 0 Å². The molecule has 0 bridgehead atoms. The molecule has 0 unspecified atom stereocenters. The summed E-state index contributed by atoms with van der Waals surface area (Å²) in [5.41, 5.74) is 0.629. The molecule has 0 radical (unpaired) electrons. The van der Waals surface area contributed by atoms with Crippen LogP contribution in [0, 0.1) is 0 Å². The molecule has 0 aromatic rings. The van der Waals surface area contributed by atoms with Crippen molar-refractivity contribution in [2.75, 3.05) is 6.54 Å². The van der Waals surface area contributed by atoms with E-state index in [1.807, 2.05) is 0 Å². The van der Waals surface area contributed by atoms with Crippen LogP contribution in [0.3, 0.4) is 0 Å². The van der Waals surface area contributed by atoms with Crippen molar-refractivity contribution >= 4 is 0 Å². The van der Waals surface area contributed by atoms with Gasteiger partial charge in [-0.3, -0.25) is 4.90 Å². The van der Waals surface area contributed by atoms with Crippen molar-refractivity contribution in [3.8, 4) is 0 Å². The topological polar surface area (TPSA) is 3.24 Å². The third-order valence-corrected chi connectivity index (χ3v) is 8.73. The van der Waals surface area contributed by atoms with E-state index >= 15 is 0 Å². The van der Waals surface area contributed by atoms with Gasteiger partial charge in [-0.25, -0.2) is 0 Å². The van der Waals surface area contributed by atoms with E-state index in [2.05, 4.69) is 53.4 Å². The van der Waals surface area contributed by atoms with Crippen LogP contribution in [0.15, 0.2) is 0 Å². The van der Waals surface area contributed by atoms with Gasteiger partial charge in [-0.1, -0.05) is 162 Å². The highest BCUT2D eigenvalue weighted by molar-refractivity contribution is 4.92. The minimum atomic E-state index is 0.314. The van der Waals surface area contributed by atoms with Crippen molar-refractivity contribution in [2.45, 2.75) is 220 Å². The number of unbranched alkanes of at least 4 members (excludes halogenated alkanes) is 20. The standard InChI is InChI=1S/C35H73N/c1-8-11-14-17-20-21-22-23-24-27-30-33-36(34(4,5)31-28-25-18-15-12-9-2)35(6,7)32-29-26-19-16-13-10-3/h8-33H2,1-7H3. The molecule has 0 rings (SSSR count). The van der Waals surface area contributed by atoms with Crippen LogP contribution in [0.2, 0.25) is 0 Å². The molecular weight excluding hydrogens is 434 g/mol. The molecular formula is C35H73N. The average Bonchev–Trinajstić information content (AvgIpc) is 2.83. The van der Waals surface area contributed by atoms with Crippen molar-refractivity contribution in [3.63, 3.8) is 0 Å². The van der Waals surface area contributed by atoms with Crippen LogP contribution in [0.5, 0.6) is 0 Å². The fourth-order valence-corrected chi connectivity index (χ4v) is 6.30. The quantitative estimate of drug-likeness (QED) is 0.0951. The molecule has 0 amide bonds. The Kier molecular flexibility index (Phi) is 24.0. The Morgan fingerprint density at radius 3 is 0.889 bits per heavy atom. The van der Waals surface area contributed by atoms with Crippen molar-refractivity contribution in [1.82, 2.24) is 4.90 Å². The Bertz CT molecular complexity index is 410.